The smallest absolute Gasteiger partial charge is 0.249 e. The average molecular weight is 227 g/mol. The molecule has 1 aromatic heterocycles. The molecule has 1 amide bonds. The fourth-order valence-electron chi connectivity index (χ4n) is 1.87. The molecule has 0 radical (unpaired) electrons. The van der Waals surface area contributed by atoms with Crippen LogP contribution in [0.25, 0.3) is 11.1 Å². The molecule has 4 nitrogen and oxygen atoms in total. The van der Waals surface area contributed by atoms with E-state index in [1.54, 1.807) is 18.5 Å². The lowest BCUT2D eigenvalue weighted by atomic mass is 9.94. The summed E-state index contributed by atoms with van der Waals surface area (Å²) in [5.41, 5.74) is 8.63. The summed E-state index contributed by atoms with van der Waals surface area (Å²) < 4.78 is 0. The highest BCUT2D eigenvalue weighted by Crippen LogP contribution is 2.26. The summed E-state index contributed by atoms with van der Waals surface area (Å²) in [4.78, 5) is 19.4. The Morgan fingerprint density at radius 1 is 1.29 bits per heavy atom. The second-order valence-electron chi connectivity index (χ2n) is 3.68. The summed E-state index contributed by atoms with van der Waals surface area (Å²) in [5.74, 6) is -0.431. The Hall–Kier alpha value is -2.23. The van der Waals surface area contributed by atoms with Gasteiger partial charge in [-0.25, -0.2) is 9.97 Å². The summed E-state index contributed by atoms with van der Waals surface area (Å²) in [6.45, 7) is 2.04. The molecule has 0 saturated carbocycles. The van der Waals surface area contributed by atoms with Crippen molar-refractivity contribution in [3.63, 3.8) is 0 Å². The minimum atomic E-state index is -0.431. The lowest BCUT2D eigenvalue weighted by molar-refractivity contribution is 0.100. The van der Waals surface area contributed by atoms with Crippen LogP contribution in [0, 0.1) is 0 Å². The van der Waals surface area contributed by atoms with Crippen molar-refractivity contribution in [3.05, 3.63) is 48.0 Å². The quantitative estimate of drug-likeness (QED) is 0.869. The number of aromatic nitrogens is 2. The standard InChI is InChI=1S/C13H13N3O/c1-2-9-4-3-5-11(13(14)17)12(9)10-6-15-8-16-7-10/h3-8H,2H2,1H3,(H2,14,17). The topological polar surface area (TPSA) is 68.9 Å². The number of nitrogens with zero attached hydrogens (tertiary/aromatic N) is 2. The Balaban J connectivity index is 2.69. The summed E-state index contributed by atoms with van der Waals surface area (Å²) in [6, 6.07) is 5.55. The van der Waals surface area contributed by atoms with Gasteiger partial charge in [0.05, 0.1) is 0 Å². The number of carbonyl (C=O) groups excluding carboxylic acids is 1. The van der Waals surface area contributed by atoms with E-state index in [0.29, 0.717) is 5.56 Å². The maximum Gasteiger partial charge on any atom is 0.249 e. The van der Waals surface area contributed by atoms with Gasteiger partial charge in [0.25, 0.3) is 0 Å². The van der Waals surface area contributed by atoms with Crippen LogP contribution in [0.4, 0.5) is 0 Å². The van der Waals surface area contributed by atoms with E-state index in [9.17, 15) is 4.79 Å². The number of nitrogens with two attached hydrogens (primary N) is 1. The molecule has 2 aromatic rings. The zero-order chi connectivity index (χ0) is 12.3. The van der Waals surface area contributed by atoms with E-state index in [4.69, 9.17) is 5.73 Å². The van der Waals surface area contributed by atoms with Crippen LogP contribution < -0.4 is 5.73 Å². The van der Waals surface area contributed by atoms with Gasteiger partial charge < -0.3 is 5.73 Å². The molecule has 0 unspecified atom stereocenters. The third-order valence-corrected chi connectivity index (χ3v) is 2.65. The van der Waals surface area contributed by atoms with Crippen LogP contribution in [-0.4, -0.2) is 15.9 Å². The van der Waals surface area contributed by atoms with Crippen molar-refractivity contribution < 1.29 is 4.79 Å². The van der Waals surface area contributed by atoms with Crippen LogP contribution in [0.1, 0.15) is 22.8 Å². The van der Waals surface area contributed by atoms with Gasteiger partial charge in [0, 0.05) is 29.1 Å². The third kappa shape index (κ3) is 2.15. The number of carbonyl (C=O) groups is 1. The van der Waals surface area contributed by atoms with Crippen LogP contribution in [0.2, 0.25) is 0 Å². The molecule has 0 fully saturated rings. The largest absolute Gasteiger partial charge is 0.366 e. The van der Waals surface area contributed by atoms with Gasteiger partial charge in [0.1, 0.15) is 6.33 Å². The summed E-state index contributed by atoms with van der Waals surface area (Å²) in [6.07, 6.45) is 5.66. The monoisotopic (exact) mass is 227 g/mol. The number of aryl methyl sites for hydroxylation is 1. The first-order valence-electron chi connectivity index (χ1n) is 5.41. The van der Waals surface area contributed by atoms with Crippen molar-refractivity contribution in [1.82, 2.24) is 9.97 Å². The van der Waals surface area contributed by atoms with Crippen molar-refractivity contribution in [2.24, 2.45) is 5.73 Å². The normalized spacial score (nSPS) is 10.2. The molecule has 2 N–H and O–H groups in total. The molecule has 0 spiro atoms. The van der Waals surface area contributed by atoms with Crippen molar-refractivity contribution >= 4 is 5.91 Å². The van der Waals surface area contributed by atoms with Gasteiger partial charge in [-0.1, -0.05) is 19.1 Å². The molecule has 0 bridgehead atoms. The Morgan fingerprint density at radius 3 is 2.59 bits per heavy atom. The number of benzene rings is 1. The number of primary amides is 1. The minimum Gasteiger partial charge on any atom is -0.366 e. The van der Waals surface area contributed by atoms with Gasteiger partial charge in [-0.2, -0.15) is 0 Å². The van der Waals surface area contributed by atoms with Gasteiger partial charge in [-0.05, 0) is 18.1 Å². The predicted molar refractivity (Wildman–Crippen MR) is 65.4 cm³/mol. The Labute approximate surface area is 99.5 Å². The van der Waals surface area contributed by atoms with E-state index in [2.05, 4.69) is 9.97 Å². The second kappa shape index (κ2) is 4.74. The first-order valence-corrected chi connectivity index (χ1v) is 5.41. The van der Waals surface area contributed by atoms with Gasteiger partial charge in [0.15, 0.2) is 0 Å². The van der Waals surface area contributed by atoms with E-state index >= 15 is 0 Å². The van der Waals surface area contributed by atoms with Crippen LogP contribution in [0.3, 0.4) is 0 Å². The van der Waals surface area contributed by atoms with Gasteiger partial charge >= 0.3 is 0 Å². The molecular weight excluding hydrogens is 214 g/mol. The maximum absolute atomic E-state index is 11.4. The van der Waals surface area contributed by atoms with Crippen molar-refractivity contribution in [3.8, 4) is 11.1 Å². The predicted octanol–water partition coefficient (Wildman–Crippen LogP) is 1.80. The van der Waals surface area contributed by atoms with Gasteiger partial charge in [-0.3, -0.25) is 4.79 Å². The summed E-state index contributed by atoms with van der Waals surface area (Å²) in [5, 5.41) is 0. The molecule has 0 saturated heterocycles. The molecule has 0 aliphatic heterocycles. The molecule has 0 aliphatic carbocycles. The molecule has 86 valence electrons. The zero-order valence-corrected chi connectivity index (χ0v) is 9.55. The van der Waals surface area contributed by atoms with E-state index in [0.717, 1.165) is 23.1 Å². The summed E-state index contributed by atoms with van der Waals surface area (Å²) >= 11 is 0. The molecule has 1 heterocycles. The molecule has 1 aromatic carbocycles. The summed E-state index contributed by atoms with van der Waals surface area (Å²) in [7, 11) is 0. The van der Waals surface area contributed by atoms with Gasteiger partial charge in [-0.15, -0.1) is 0 Å². The lowest BCUT2D eigenvalue weighted by Gasteiger charge is -2.11. The average Bonchev–Trinajstić information content (AvgIpc) is 2.38. The number of hydrogen-bond donors (Lipinski definition) is 1. The fraction of sp³-hybridized carbons (Fsp3) is 0.154. The van der Waals surface area contributed by atoms with E-state index in [1.807, 2.05) is 19.1 Å². The molecular formula is C13H13N3O. The minimum absolute atomic E-state index is 0.431. The van der Waals surface area contributed by atoms with Gasteiger partial charge in [0.2, 0.25) is 5.91 Å². The second-order valence-corrected chi connectivity index (χ2v) is 3.68. The first kappa shape index (κ1) is 11.3. The first-order chi connectivity index (χ1) is 8.24. The highest BCUT2D eigenvalue weighted by atomic mass is 16.1. The molecule has 17 heavy (non-hydrogen) atoms. The Morgan fingerprint density at radius 2 is 2.00 bits per heavy atom. The van der Waals surface area contributed by atoms with Crippen molar-refractivity contribution in [1.29, 1.82) is 0 Å². The van der Waals surface area contributed by atoms with E-state index < -0.39 is 5.91 Å². The Bertz CT molecular complexity index is 538. The SMILES string of the molecule is CCc1cccc(C(N)=O)c1-c1cncnc1. The fourth-order valence-corrected chi connectivity index (χ4v) is 1.87. The number of rotatable bonds is 3. The molecule has 0 aliphatic rings. The highest BCUT2D eigenvalue weighted by Gasteiger charge is 2.13. The van der Waals surface area contributed by atoms with Crippen LogP contribution in [0.15, 0.2) is 36.9 Å². The molecule has 0 atom stereocenters. The highest BCUT2D eigenvalue weighted by molar-refractivity contribution is 6.00. The lowest BCUT2D eigenvalue weighted by Crippen LogP contribution is -2.13. The van der Waals surface area contributed by atoms with Crippen LogP contribution in [-0.2, 0) is 6.42 Å². The van der Waals surface area contributed by atoms with Crippen LogP contribution >= 0.6 is 0 Å². The van der Waals surface area contributed by atoms with Crippen molar-refractivity contribution in [2.45, 2.75) is 13.3 Å². The maximum atomic E-state index is 11.4. The van der Waals surface area contributed by atoms with E-state index in [1.165, 1.54) is 6.33 Å². The third-order valence-electron chi connectivity index (χ3n) is 2.65. The zero-order valence-electron chi connectivity index (χ0n) is 9.55. The number of amides is 1. The van der Waals surface area contributed by atoms with Crippen LogP contribution in [0.5, 0.6) is 0 Å². The Kier molecular flexibility index (Phi) is 3.14. The molecule has 4 heteroatoms. The van der Waals surface area contributed by atoms with Crippen molar-refractivity contribution in [2.75, 3.05) is 0 Å². The number of hydrogen-bond acceptors (Lipinski definition) is 3. The molecule has 2 rings (SSSR count). The van der Waals surface area contributed by atoms with E-state index in [-0.39, 0.29) is 0 Å².